The van der Waals surface area contributed by atoms with Crippen molar-refractivity contribution >= 4 is 17.4 Å². The quantitative estimate of drug-likeness (QED) is 0.384. The van der Waals surface area contributed by atoms with E-state index < -0.39 is 0 Å². The smallest absolute Gasteiger partial charge is 1.00 e. The van der Waals surface area contributed by atoms with Gasteiger partial charge in [-0.05, 0) is 0 Å². The molecule has 0 atom stereocenters. The molecule has 0 aromatic carbocycles. The predicted octanol–water partition coefficient (Wildman–Crippen LogP) is -4.07. The van der Waals surface area contributed by atoms with Crippen molar-refractivity contribution in [1.29, 1.82) is 0 Å². The predicted molar refractivity (Wildman–Crippen MR) is 11.1 cm³/mol. The van der Waals surface area contributed by atoms with Crippen molar-refractivity contribution < 1.29 is 89.0 Å². The summed E-state index contributed by atoms with van der Waals surface area (Å²) in [6.07, 6.45) is 0. The van der Waals surface area contributed by atoms with Crippen molar-refractivity contribution in [3.63, 3.8) is 0 Å². The fraction of sp³-hybridized carbons (Fsp3) is 0. The van der Waals surface area contributed by atoms with Crippen LogP contribution >= 0.6 is 0 Å². The van der Waals surface area contributed by atoms with E-state index in [1.54, 1.807) is 0 Å². The molecule has 0 nitrogen and oxygen atoms in total. The zero-order valence-electron chi connectivity index (χ0n) is 3.60. The van der Waals surface area contributed by atoms with Crippen molar-refractivity contribution in [3.05, 3.63) is 0 Å². The summed E-state index contributed by atoms with van der Waals surface area (Å²) in [6.45, 7) is 0. The Hall–Kier alpha value is 3.35. The van der Waals surface area contributed by atoms with E-state index in [0.717, 1.165) is 0 Å². The first kappa shape index (κ1) is 40.2. The molecule has 0 saturated heterocycles. The van der Waals surface area contributed by atoms with Crippen molar-refractivity contribution in [1.82, 2.24) is 0 Å². The minimum absolute atomic E-state index is 0. The average molecular weight is 251 g/mol. The molecular weight excluding hydrogens is 247 g/mol. The van der Waals surface area contributed by atoms with Crippen LogP contribution in [0.25, 0.3) is 0 Å². The first-order chi connectivity index (χ1) is 0. The van der Waals surface area contributed by atoms with E-state index in [0.29, 0.717) is 0 Å². The van der Waals surface area contributed by atoms with Crippen LogP contribution in [-0.2, 0) is 68.7 Å². The molecule has 0 aromatic rings. The minimum Gasteiger partial charge on any atom is -1.00 e. The van der Waals surface area contributed by atoms with Crippen LogP contribution in [0.3, 0.4) is 0 Å². The molecule has 0 aliphatic rings. The molecular formula is H4AlLiNiYZn. The Balaban J connectivity index is 0. The molecule has 0 fully saturated rings. The van der Waals surface area contributed by atoms with Crippen LogP contribution in [0, 0.1) is 0 Å². The monoisotopic (exact) mass is 249 g/mol. The maximum absolute atomic E-state index is 0. The van der Waals surface area contributed by atoms with Gasteiger partial charge in [0.05, 0.1) is 0 Å². The normalized spacial score (nSPS) is 0. The molecule has 0 heterocycles. The van der Waals surface area contributed by atoms with Crippen LogP contribution in [0.5, 0.6) is 0 Å². The Morgan fingerprint density at radius 2 is 1.20 bits per heavy atom. The summed E-state index contributed by atoms with van der Waals surface area (Å²) < 4.78 is 0. The van der Waals surface area contributed by atoms with E-state index in [1.165, 1.54) is 0 Å². The van der Waals surface area contributed by atoms with Gasteiger partial charge < -0.3 is 1.43 Å². The largest absolute Gasteiger partial charge is 1.00 e. The molecule has 0 bridgehead atoms. The molecule has 23 valence electrons. The van der Waals surface area contributed by atoms with Gasteiger partial charge >= 0.3 is 18.9 Å². The number of hydrogen-bond donors (Lipinski definition) is 0. The van der Waals surface area contributed by atoms with Gasteiger partial charge in [0.15, 0.2) is 17.4 Å². The SMILES string of the molecule is [AlH3].[H-].[Li+].[Ni].[Y].[Zn]. The molecule has 0 unspecified atom stereocenters. The summed E-state index contributed by atoms with van der Waals surface area (Å²) in [5.41, 5.74) is 0. The zero-order valence-corrected chi connectivity index (χ0v) is 9.39. The average Bonchev–Trinajstić information content (AvgIpc) is 0. The van der Waals surface area contributed by atoms with Gasteiger partial charge in [-0.25, -0.2) is 0 Å². The molecule has 0 aliphatic heterocycles. The van der Waals surface area contributed by atoms with Crippen LogP contribution in [0.1, 0.15) is 1.43 Å². The third kappa shape index (κ3) is 18.7. The van der Waals surface area contributed by atoms with Gasteiger partial charge in [0, 0.05) is 68.7 Å². The molecule has 0 rings (SSSR count). The molecule has 0 aromatic heterocycles. The van der Waals surface area contributed by atoms with Crippen molar-refractivity contribution in [2.24, 2.45) is 0 Å². The maximum atomic E-state index is 0. The van der Waals surface area contributed by atoms with E-state index in [-0.39, 0.29) is 106 Å². The summed E-state index contributed by atoms with van der Waals surface area (Å²) in [5, 5.41) is 0. The topological polar surface area (TPSA) is 0 Å². The first-order valence-electron chi connectivity index (χ1n) is 0. The van der Waals surface area contributed by atoms with E-state index in [9.17, 15) is 0 Å². The van der Waals surface area contributed by atoms with Gasteiger partial charge in [0.2, 0.25) is 0 Å². The zero-order chi connectivity index (χ0) is 0. The summed E-state index contributed by atoms with van der Waals surface area (Å²) in [4.78, 5) is 0. The molecule has 0 saturated carbocycles. The van der Waals surface area contributed by atoms with Crippen molar-refractivity contribution in [2.45, 2.75) is 0 Å². The molecule has 1 radical (unpaired) electrons. The minimum atomic E-state index is 0. The molecule has 0 aliphatic carbocycles. The van der Waals surface area contributed by atoms with Gasteiger partial charge in [-0.15, -0.1) is 0 Å². The third-order valence-corrected chi connectivity index (χ3v) is 0. The van der Waals surface area contributed by atoms with Crippen LogP contribution in [0.15, 0.2) is 0 Å². The van der Waals surface area contributed by atoms with Gasteiger partial charge in [0.25, 0.3) is 0 Å². The van der Waals surface area contributed by atoms with Crippen molar-refractivity contribution in [2.75, 3.05) is 0 Å². The van der Waals surface area contributed by atoms with Crippen LogP contribution in [0.2, 0.25) is 0 Å². The fourth-order valence-corrected chi connectivity index (χ4v) is 0. The van der Waals surface area contributed by atoms with Crippen LogP contribution in [-0.4, -0.2) is 17.4 Å². The molecule has 0 amide bonds. The standard InChI is InChI=1S/Al.Li.Ni.Y.Zn.4H/q;+1;;;;;;;-1. The first-order valence-corrected chi connectivity index (χ1v) is 0. The summed E-state index contributed by atoms with van der Waals surface area (Å²) >= 11 is 0. The molecule has 5 heavy (non-hydrogen) atoms. The Kier molecular flexibility index (Phi) is 212. The van der Waals surface area contributed by atoms with Gasteiger partial charge in [-0.1, -0.05) is 0 Å². The van der Waals surface area contributed by atoms with Gasteiger partial charge in [-0.2, -0.15) is 0 Å². The Labute approximate surface area is 104 Å². The number of hydrogen-bond acceptors (Lipinski definition) is 0. The third-order valence-electron chi connectivity index (χ3n) is 0. The Morgan fingerprint density at radius 1 is 1.20 bits per heavy atom. The van der Waals surface area contributed by atoms with Gasteiger partial charge in [-0.3, -0.25) is 0 Å². The van der Waals surface area contributed by atoms with Crippen LogP contribution < -0.4 is 18.9 Å². The second-order valence-electron chi connectivity index (χ2n) is 0. The Morgan fingerprint density at radius 3 is 1.20 bits per heavy atom. The van der Waals surface area contributed by atoms with E-state index in [2.05, 4.69) is 0 Å². The second kappa shape index (κ2) is 26.4. The van der Waals surface area contributed by atoms with E-state index in [4.69, 9.17) is 0 Å². The summed E-state index contributed by atoms with van der Waals surface area (Å²) in [6, 6.07) is 0. The van der Waals surface area contributed by atoms with Gasteiger partial charge in [0.1, 0.15) is 0 Å². The molecule has 0 N–H and O–H groups in total. The summed E-state index contributed by atoms with van der Waals surface area (Å²) in [5.74, 6) is 0. The Bertz CT molecular complexity index is 15.5. The maximum Gasteiger partial charge on any atom is 1.00 e. The van der Waals surface area contributed by atoms with E-state index >= 15 is 0 Å². The molecule has 5 heteroatoms. The molecule has 0 spiro atoms. The van der Waals surface area contributed by atoms with Crippen molar-refractivity contribution in [3.8, 4) is 0 Å². The van der Waals surface area contributed by atoms with Crippen LogP contribution in [0.4, 0.5) is 0 Å². The summed E-state index contributed by atoms with van der Waals surface area (Å²) in [7, 11) is 0. The number of rotatable bonds is 0. The fourth-order valence-electron chi connectivity index (χ4n) is 0. The second-order valence-corrected chi connectivity index (χ2v) is 0. The van der Waals surface area contributed by atoms with E-state index in [1.807, 2.05) is 0 Å².